The lowest BCUT2D eigenvalue weighted by Crippen LogP contribution is -1.95. The minimum absolute atomic E-state index is 0.0800. The normalized spacial score (nSPS) is 10.7. The fourth-order valence-corrected chi connectivity index (χ4v) is 2.23. The van der Waals surface area contributed by atoms with Crippen LogP contribution in [0.4, 0.5) is 21.5 Å². The number of anilines is 3. The van der Waals surface area contributed by atoms with E-state index in [0.29, 0.717) is 11.4 Å². The number of nitrogens with zero attached hydrogens (tertiary/aromatic N) is 1. The molecule has 0 aliphatic heterocycles. The highest BCUT2D eigenvalue weighted by atomic mass is 35.5. The van der Waals surface area contributed by atoms with Crippen molar-refractivity contribution in [2.24, 2.45) is 0 Å². The second-order valence-electron chi connectivity index (χ2n) is 4.38. The largest absolute Gasteiger partial charge is 0.398 e. The molecule has 0 saturated heterocycles. The van der Waals surface area contributed by atoms with Gasteiger partial charge in [-0.05, 0) is 36.4 Å². The molecule has 0 aliphatic rings. The van der Waals surface area contributed by atoms with E-state index in [9.17, 15) is 4.39 Å². The Morgan fingerprint density at radius 3 is 2.75 bits per heavy atom. The van der Waals surface area contributed by atoms with Crippen molar-refractivity contribution in [3.8, 4) is 0 Å². The number of nitrogen functional groups attached to an aromatic ring is 1. The van der Waals surface area contributed by atoms with Gasteiger partial charge in [0, 0.05) is 40.2 Å². The minimum Gasteiger partial charge on any atom is -0.398 e. The summed E-state index contributed by atoms with van der Waals surface area (Å²) >= 11 is 5.78. The third kappa shape index (κ3) is 2.26. The zero-order valence-electron chi connectivity index (χ0n) is 10.4. The van der Waals surface area contributed by atoms with Crippen LogP contribution in [-0.2, 0) is 0 Å². The quantitative estimate of drug-likeness (QED) is 0.689. The monoisotopic (exact) mass is 287 g/mol. The molecular weight excluding hydrogens is 277 g/mol. The van der Waals surface area contributed by atoms with Gasteiger partial charge in [0.15, 0.2) is 0 Å². The molecule has 0 fully saturated rings. The van der Waals surface area contributed by atoms with Gasteiger partial charge in [-0.25, -0.2) is 4.39 Å². The molecule has 3 N–H and O–H groups in total. The Hall–Kier alpha value is -2.33. The molecule has 0 saturated carbocycles. The number of hydrogen-bond donors (Lipinski definition) is 2. The predicted molar refractivity (Wildman–Crippen MR) is 80.8 cm³/mol. The Balaban J connectivity index is 2.06. The summed E-state index contributed by atoms with van der Waals surface area (Å²) in [7, 11) is 0. The average molecular weight is 288 g/mol. The third-order valence-electron chi connectivity index (χ3n) is 3.05. The van der Waals surface area contributed by atoms with Crippen molar-refractivity contribution in [2.75, 3.05) is 11.1 Å². The molecule has 0 amide bonds. The van der Waals surface area contributed by atoms with Crippen LogP contribution in [0.5, 0.6) is 0 Å². The first-order valence-electron chi connectivity index (χ1n) is 5.99. The highest BCUT2D eigenvalue weighted by molar-refractivity contribution is 6.31. The lowest BCUT2D eigenvalue weighted by atomic mass is 10.1. The van der Waals surface area contributed by atoms with Crippen molar-refractivity contribution < 1.29 is 4.39 Å². The lowest BCUT2D eigenvalue weighted by molar-refractivity contribution is 0.628. The van der Waals surface area contributed by atoms with E-state index < -0.39 is 5.82 Å². The maximum atomic E-state index is 13.2. The predicted octanol–water partition coefficient (Wildman–Crippen LogP) is 4.35. The highest BCUT2D eigenvalue weighted by Crippen LogP contribution is 2.30. The Morgan fingerprint density at radius 2 is 1.95 bits per heavy atom. The zero-order chi connectivity index (χ0) is 14.1. The van der Waals surface area contributed by atoms with E-state index in [1.54, 1.807) is 30.6 Å². The summed E-state index contributed by atoms with van der Waals surface area (Å²) < 4.78 is 13.2. The molecule has 3 aromatic rings. The van der Waals surface area contributed by atoms with E-state index in [2.05, 4.69) is 10.3 Å². The van der Waals surface area contributed by atoms with Crippen molar-refractivity contribution in [3.63, 3.8) is 0 Å². The van der Waals surface area contributed by atoms with Crippen LogP contribution in [0.3, 0.4) is 0 Å². The third-order valence-corrected chi connectivity index (χ3v) is 3.34. The number of nitrogens with two attached hydrogens (primary N) is 1. The average Bonchev–Trinajstić information content (AvgIpc) is 2.46. The van der Waals surface area contributed by atoms with Crippen molar-refractivity contribution in [3.05, 3.63) is 59.6 Å². The summed E-state index contributed by atoms with van der Waals surface area (Å²) in [5, 5.41) is 5.10. The van der Waals surface area contributed by atoms with Gasteiger partial charge in [-0.15, -0.1) is 0 Å². The van der Waals surface area contributed by atoms with E-state index in [1.807, 2.05) is 12.1 Å². The van der Waals surface area contributed by atoms with Crippen LogP contribution in [0.1, 0.15) is 0 Å². The topological polar surface area (TPSA) is 50.9 Å². The molecule has 0 aliphatic carbocycles. The maximum Gasteiger partial charge on any atom is 0.141 e. The maximum absolute atomic E-state index is 13.2. The molecular formula is C15H11ClFN3. The van der Waals surface area contributed by atoms with Gasteiger partial charge >= 0.3 is 0 Å². The first-order chi connectivity index (χ1) is 9.65. The summed E-state index contributed by atoms with van der Waals surface area (Å²) in [6.07, 6.45) is 3.41. The number of halogens is 2. The van der Waals surface area contributed by atoms with E-state index in [1.165, 1.54) is 6.07 Å². The number of rotatable bonds is 2. The van der Waals surface area contributed by atoms with Crippen LogP contribution in [0.15, 0.2) is 48.8 Å². The summed E-state index contributed by atoms with van der Waals surface area (Å²) in [5.41, 5.74) is 8.15. The molecule has 100 valence electrons. The van der Waals surface area contributed by atoms with E-state index >= 15 is 0 Å². The van der Waals surface area contributed by atoms with E-state index in [4.69, 9.17) is 17.3 Å². The van der Waals surface area contributed by atoms with Crippen LogP contribution < -0.4 is 11.1 Å². The van der Waals surface area contributed by atoms with Gasteiger partial charge in [-0.1, -0.05) is 11.6 Å². The molecule has 0 bridgehead atoms. The molecule has 0 atom stereocenters. The zero-order valence-corrected chi connectivity index (χ0v) is 11.2. The standard InChI is InChI=1S/C15H11ClFN3/c16-12-7-9(1-2-13(12)17)20-15-4-3-14(18)11-8-19-6-5-10(11)15/h1-8,20H,18H2. The van der Waals surface area contributed by atoms with Crippen molar-refractivity contribution in [2.45, 2.75) is 0 Å². The summed E-state index contributed by atoms with van der Waals surface area (Å²) in [4.78, 5) is 4.07. The van der Waals surface area contributed by atoms with Crippen molar-refractivity contribution in [1.29, 1.82) is 0 Å². The number of pyridine rings is 1. The fraction of sp³-hybridized carbons (Fsp3) is 0. The first-order valence-corrected chi connectivity index (χ1v) is 6.37. The Kier molecular flexibility index (Phi) is 3.16. The lowest BCUT2D eigenvalue weighted by Gasteiger charge is -2.11. The number of aromatic nitrogens is 1. The highest BCUT2D eigenvalue weighted by Gasteiger charge is 2.06. The van der Waals surface area contributed by atoms with E-state index in [0.717, 1.165) is 16.5 Å². The first kappa shape index (κ1) is 12.7. The second-order valence-corrected chi connectivity index (χ2v) is 4.78. The molecule has 3 rings (SSSR count). The van der Waals surface area contributed by atoms with Crippen LogP contribution >= 0.6 is 11.6 Å². The minimum atomic E-state index is -0.441. The molecule has 1 aromatic heterocycles. The molecule has 0 radical (unpaired) electrons. The Morgan fingerprint density at radius 1 is 1.10 bits per heavy atom. The van der Waals surface area contributed by atoms with Gasteiger partial charge < -0.3 is 11.1 Å². The smallest absolute Gasteiger partial charge is 0.141 e. The van der Waals surface area contributed by atoms with Gasteiger partial charge in [0.1, 0.15) is 5.82 Å². The number of nitrogens with one attached hydrogen (secondary N) is 1. The van der Waals surface area contributed by atoms with Crippen LogP contribution in [0, 0.1) is 5.82 Å². The van der Waals surface area contributed by atoms with Gasteiger partial charge in [-0.3, -0.25) is 4.98 Å². The molecule has 0 spiro atoms. The SMILES string of the molecule is Nc1ccc(Nc2ccc(F)c(Cl)c2)c2ccncc12. The second kappa shape index (κ2) is 4.98. The van der Waals surface area contributed by atoms with Gasteiger partial charge in [0.25, 0.3) is 0 Å². The van der Waals surface area contributed by atoms with Gasteiger partial charge in [0.2, 0.25) is 0 Å². The Bertz CT molecular complexity index is 789. The number of fused-ring (bicyclic) bond motifs is 1. The molecule has 2 aromatic carbocycles. The molecule has 0 unspecified atom stereocenters. The summed E-state index contributed by atoms with van der Waals surface area (Å²) in [6, 6.07) is 10.0. The Labute approximate surface area is 120 Å². The molecule has 1 heterocycles. The van der Waals surface area contributed by atoms with Crippen molar-refractivity contribution in [1.82, 2.24) is 4.98 Å². The molecule has 5 heteroatoms. The van der Waals surface area contributed by atoms with Crippen LogP contribution in [0.25, 0.3) is 10.8 Å². The summed E-state index contributed by atoms with van der Waals surface area (Å²) in [5.74, 6) is -0.441. The van der Waals surface area contributed by atoms with Crippen LogP contribution in [0.2, 0.25) is 5.02 Å². The van der Waals surface area contributed by atoms with Gasteiger partial charge in [-0.2, -0.15) is 0 Å². The van der Waals surface area contributed by atoms with Gasteiger partial charge in [0.05, 0.1) is 5.02 Å². The van der Waals surface area contributed by atoms with Crippen LogP contribution in [-0.4, -0.2) is 4.98 Å². The number of benzene rings is 2. The number of hydrogen-bond acceptors (Lipinski definition) is 3. The molecule has 3 nitrogen and oxygen atoms in total. The fourth-order valence-electron chi connectivity index (χ4n) is 2.05. The van der Waals surface area contributed by atoms with Crippen molar-refractivity contribution >= 4 is 39.4 Å². The summed E-state index contributed by atoms with van der Waals surface area (Å²) in [6.45, 7) is 0. The van der Waals surface area contributed by atoms with E-state index in [-0.39, 0.29) is 5.02 Å². The molecule has 20 heavy (non-hydrogen) atoms.